The van der Waals surface area contributed by atoms with Gasteiger partial charge in [-0.2, -0.15) is 0 Å². The Morgan fingerprint density at radius 1 is 0.833 bits per heavy atom. The number of fused-ring (bicyclic) bond motifs is 1. The maximum atomic E-state index is 14.0. The van der Waals surface area contributed by atoms with Crippen molar-refractivity contribution in [2.24, 2.45) is 0 Å². The first-order valence-corrected chi connectivity index (χ1v) is 13.5. The van der Waals surface area contributed by atoms with Crippen LogP contribution in [-0.2, 0) is 26.1 Å². The Balaban J connectivity index is 1.38. The molecular weight excluding hydrogens is 540 g/mol. The molecule has 0 spiro atoms. The minimum absolute atomic E-state index is 0.0278. The summed E-state index contributed by atoms with van der Waals surface area (Å²) in [7, 11) is 3.02. The fourth-order valence-corrected chi connectivity index (χ4v) is 5.03. The third-order valence-corrected chi connectivity index (χ3v) is 7.17. The summed E-state index contributed by atoms with van der Waals surface area (Å²) in [6.45, 7) is 1.70. The van der Waals surface area contributed by atoms with Crippen LogP contribution in [0.2, 0.25) is 0 Å². The Hall–Kier alpha value is -4.76. The Morgan fingerprint density at radius 3 is 2.38 bits per heavy atom. The topological polar surface area (TPSA) is 79.9 Å². The number of methoxy groups -OCH3 is 2. The lowest BCUT2D eigenvalue weighted by molar-refractivity contribution is 0.0949. The number of nitrogens with one attached hydrogen (secondary N) is 2. The maximum absolute atomic E-state index is 14.0. The van der Waals surface area contributed by atoms with Crippen LogP contribution in [0.25, 0.3) is 0 Å². The van der Waals surface area contributed by atoms with Crippen molar-refractivity contribution in [1.29, 1.82) is 0 Å². The van der Waals surface area contributed by atoms with Crippen molar-refractivity contribution in [3.63, 3.8) is 0 Å². The SMILES string of the molecule is COc1ccc(C(=O)NCc2cccc(C(=O)N(Cc3cc(F)cc(F)c3)c3ccc4c(c3)CNCC4)c2)cc1OC. The normalized spacial score (nSPS) is 12.3. The first kappa shape index (κ1) is 28.8. The summed E-state index contributed by atoms with van der Waals surface area (Å²) in [5.74, 6) is -1.12. The molecule has 4 aromatic rings. The van der Waals surface area contributed by atoms with Gasteiger partial charge in [-0.3, -0.25) is 9.59 Å². The number of ether oxygens (including phenoxy) is 2. The van der Waals surface area contributed by atoms with E-state index in [1.165, 1.54) is 36.8 Å². The van der Waals surface area contributed by atoms with Gasteiger partial charge in [0, 0.05) is 36.0 Å². The van der Waals surface area contributed by atoms with Gasteiger partial charge in [0.15, 0.2) is 11.5 Å². The summed E-state index contributed by atoms with van der Waals surface area (Å²) in [5.41, 5.74) is 4.72. The Kier molecular flexibility index (Phi) is 8.78. The van der Waals surface area contributed by atoms with E-state index in [-0.39, 0.29) is 24.9 Å². The zero-order valence-corrected chi connectivity index (χ0v) is 23.4. The van der Waals surface area contributed by atoms with Crippen LogP contribution in [0.1, 0.15) is 43.0 Å². The van der Waals surface area contributed by atoms with Crippen LogP contribution in [0.3, 0.4) is 0 Å². The van der Waals surface area contributed by atoms with Gasteiger partial charge < -0.3 is 25.0 Å². The number of hydrogen-bond acceptors (Lipinski definition) is 5. The van der Waals surface area contributed by atoms with Crippen molar-refractivity contribution in [3.8, 4) is 11.5 Å². The van der Waals surface area contributed by atoms with E-state index in [4.69, 9.17) is 9.47 Å². The second kappa shape index (κ2) is 12.8. The monoisotopic (exact) mass is 571 g/mol. The van der Waals surface area contributed by atoms with Crippen LogP contribution >= 0.6 is 0 Å². The van der Waals surface area contributed by atoms with Crippen LogP contribution in [-0.4, -0.2) is 32.6 Å². The smallest absolute Gasteiger partial charge is 0.258 e. The highest BCUT2D eigenvalue weighted by molar-refractivity contribution is 6.06. The molecule has 0 aromatic heterocycles. The van der Waals surface area contributed by atoms with Crippen molar-refractivity contribution in [2.75, 3.05) is 25.7 Å². The predicted octanol–water partition coefficient (Wildman–Crippen LogP) is 5.40. The minimum atomic E-state index is -0.709. The van der Waals surface area contributed by atoms with Gasteiger partial charge in [-0.05, 0) is 89.8 Å². The van der Waals surface area contributed by atoms with Gasteiger partial charge in [0.05, 0.1) is 20.8 Å². The molecule has 0 saturated heterocycles. The average molecular weight is 572 g/mol. The number of hydrogen-bond donors (Lipinski definition) is 2. The van der Waals surface area contributed by atoms with Crippen LogP contribution in [0.15, 0.2) is 78.9 Å². The molecule has 0 radical (unpaired) electrons. The number of amides is 2. The molecule has 9 heteroatoms. The fourth-order valence-electron chi connectivity index (χ4n) is 5.03. The summed E-state index contributed by atoms with van der Waals surface area (Å²) in [4.78, 5) is 28.3. The maximum Gasteiger partial charge on any atom is 0.258 e. The first-order valence-electron chi connectivity index (χ1n) is 13.5. The molecule has 1 heterocycles. The van der Waals surface area contributed by atoms with Crippen molar-refractivity contribution in [1.82, 2.24) is 10.6 Å². The number of carbonyl (C=O) groups is 2. The van der Waals surface area contributed by atoms with E-state index in [1.54, 1.807) is 36.4 Å². The highest BCUT2D eigenvalue weighted by Crippen LogP contribution is 2.28. The van der Waals surface area contributed by atoms with Gasteiger partial charge in [0.1, 0.15) is 11.6 Å². The van der Waals surface area contributed by atoms with E-state index in [0.29, 0.717) is 46.0 Å². The molecule has 0 saturated carbocycles. The Labute approximate surface area is 243 Å². The molecule has 42 heavy (non-hydrogen) atoms. The van der Waals surface area contributed by atoms with E-state index in [9.17, 15) is 18.4 Å². The van der Waals surface area contributed by atoms with Gasteiger partial charge in [0.25, 0.3) is 11.8 Å². The van der Waals surface area contributed by atoms with Crippen molar-refractivity contribution < 1.29 is 27.8 Å². The Bertz CT molecular complexity index is 1600. The van der Waals surface area contributed by atoms with Crippen LogP contribution in [0, 0.1) is 11.6 Å². The molecule has 2 N–H and O–H groups in total. The third kappa shape index (κ3) is 6.58. The third-order valence-electron chi connectivity index (χ3n) is 7.17. The lowest BCUT2D eigenvalue weighted by Gasteiger charge is -2.26. The first-order chi connectivity index (χ1) is 20.3. The van der Waals surface area contributed by atoms with E-state index < -0.39 is 11.6 Å². The molecule has 0 bridgehead atoms. The average Bonchev–Trinajstić information content (AvgIpc) is 3.01. The second-order valence-electron chi connectivity index (χ2n) is 10.0. The van der Waals surface area contributed by atoms with Crippen LogP contribution in [0.4, 0.5) is 14.5 Å². The number of carbonyl (C=O) groups excluding carboxylic acids is 2. The quantitative estimate of drug-likeness (QED) is 0.281. The van der Waals surface area contributed by atoms with E-state index >= 15 is 0 Å². The molecule has 5 rings (SSSR count). The molecule has 2 amide bonds. The molecule has 0 aliphatic carbocycles. The van der Waals surface area contributed by atoms with Gasteiger partial charge in [-0.15, -0.1) is 0 Å². The molecule has 7 nitrogen and oxygen atoms in total. The number of anilines is 1. The van der Waals surface area contributed by atoms with Gasteiger partial charge in [0.2, 0.25) is 0 Å². The zero-order chi connectivity index (χ0) is 29.6. The number of nitrogens with zero attached hydrogens (tertiary/aromatic N) is 1. The summed E-state index contributed by atoms with van der Waals surface area (Å²) in [5, 5.41) is 6.20. The van der Waals surface area contributed by atoms with E-state index in [2.05, 4.69) is 10.6 Å². The molecule has 0 unspecified atom stereocenters. The van der Waals surface area contributed by atoms with Crippen molar-refractivity contribution >= 4 is 17.5 Å². The lowest BCUT2D eigenvalue weighted by Crippen LogP contribution is -2.31. The lowest BCUT2D eigenvalue weighted by atomic mass is 9.99. The fraction of sp³-hybridized carbons (Fsp3) is 0.212. The number of halogens is 2. The molecule has 0 atom stereocenters. The van der Waals surface area contributed by atoms with Crippen LogP contribution < -0.4 is 25.0 Å². The number of benzene rings is 4. The standard InChI is InChI=1S/C33H31F2N3O4/c1-41-30-9-7-24(16-31(30)42-2)32(39)37-18-21-4-3-5-25(12-21)33(40)38(20-22-13-27(34)17-28(35)14-22)29-8-6-23-10-11-36-19-26(23)15-29/h3-9,12-17,36H,10-11,18-20H2,1-2H3,(H,37,39). The molecule has 216 valence electrons. The second-order valence-corrected chi connectivity index (χ2v) is 10.0. The van der Waals surface area contributed by atoms with Gasteiger partial charge in [-0.25, -0.2) is 8.78 Å². The highest BCUT2D eigenvalue weighted by atomic mass is 19.1. The Morgan fingerprint density at radius 2 is 1.62 bits per heavy atom. The molecule has 4 aromatic carbocycles. The molecule has 0 fully saturated rings. The summed E-state index contributed by atoms with van der Waals surface area (Å²) in [6.07, 6.45) is 0.885. The van der Waals surface area contributed by atoms with E-state index in [0.717, 1.165) is 24.6 Å². The predicted molar refractivity (Wildman–Crippen MR) is 156 cm³/mol. The number of rotatable bonds is 9. The van der Waals surface area contributed by atoms with Gasteiger partial charge >= 0.3 is 0 Å². The van der Waals surface area contributed by atoms with Crippen LogP contribution in [0.5, 0.6) is 11.5 Å². The molecule has 1 aliphatic heterocycles. The molecular formula is C33H31F2N3O4. The summed E-state index contributed by atoms with van der Waals surface area (Å²) in [6, 6.07) is 20.9. The van der Waals surface area contributed by atoms with Gasteiger partial charge in [-0.1, -0.05) is 18.2 Å². The zero-order valence-electron chi connectivity index (χ0n) is 23.4. The van der Waals surface area contributed by atoms with Crippen molar-refractivity contribution in [3.05, 3.63) is 124 Å². The van der Waals surface area contributed by atoms with E-state index in [1.807, 2.05) is 24.3 Å². The molecule has 1 aliphatic rings. The summed E-state index contributed by atoms with van der Waals surface area (Å²) >= 11 is 0. The van der Waals surface area contributed by atoms with Crippen molar-refractivity contribution in [2.45, 2.75) is 26.1 Å². The highest BCUT2D eigenvalue weighted by Gasteiger charge is 2.21. The summed E-state index contributed by atoms with van der Waals surface area (Å²) < 4.78 is 38.6. The largest absolute Gasteiger partial charge is 0.493 e. The minimum Gasteiger partial charge on any atom is -0.493 e.